The van der Waals surface area contributed by atoms with E-state index in [1.807, 2.05) is 16.7 Å². The van der Waals surface area contributed by atoms with E-state index < -0.39 is 31.2 Å². The summed E-state index contributed by atoms with van der Waals surface area (Å²) in [6.45, 7) is 0.196. The molecule has 1 atom stereocenters. The number of fused-ring (bicyclic) bond motifs is 2. The van der Waals surface area contributed by atoms with Crippen LogP contribution in [0.3, 0.4) is 0 Å². The van der Waals surface area contributed by atoms with Crippen molar-refractivity contribution in [2.75, 3.05) is 12.5 Å². The van der Waals surface area contributed by atoms with Crippen LogP contribution >= 0.6 is 34.4 Å². The topological polar surface area (TPSA) is 151 Å². The summed E-state index contributed by atoms with van der Waals surface area (Å²) in [4.78, 5) is 24.9. The molecule has 28 heavy (non-hydrogen) atoms. The third kappa shape index (κ3) is 3.79. The number of anilines is 1. The SMILES string of the molecule is Nc1ncnc2c1nc(Sc1cc3c(cc1I)OCO3)n2C[I-][C@H](N)C(=O)O. The van der Waals surface area contributed by atoms with E-state index in [4.69, 9.17) is 26.0 Å². The van der Waals surface area contributed by atoms with Crippen LogP contribution in [-0.4, -0.2) is 41.4 Å². The molecule has 0 bridgehead atoms. The van der Waals surface area contributed by atoms with Crippen LogP contribution in [-0.2, 0) is 9.35 Å². The van der Waals surface area contributed by atoms with Gasteiger partial charge >= 0.3 is 188 Å². The number of halogens is 2. The molecule has 4 rings (SSSR count). The number of benzene rings is 1. The molecule has 10 nitrogen and oxygen atoms in total. The summed E-state index contributed by atoms with van der Waals surface area (Å²) < 4.78 is 13.2. The molecular weight excluding hydrogens is 614 g/mol. The Morgan fingerprint density at radius 3 is 2.89 bits per heavy atom. The Bertz CT molecular complexity index is 1080. The number of ether oxygens (including phenoxy) is 2. The van der Waals surface area contributed by atoms with Crippen molar-refractivity contribution in [3.05, 3.63) is 22.0 Å². The first kappa shape index (κ1) is 19.7. The van der Waals surface area contributed by atoms with Crippen molar-refractivity contribution in [3.63, 3.8) is 0 Å². The zero-order valence-electron chi connectivity index (χ0n) is 14.0. The fourth-order valence-corrected chi connectivity index (χ4v) is 6.16. The van der Waals surface area contributed by atoms with Gasteiger partial charge in [0, 0.05) is 0 Å². The predicted molar refractivity (Wildman–Crippen MR) is 105 cm³/mol. The summed E-state index contributed by atoms with van der Waals surface area (Å²) in [6.07, 6.45) is 1.37. The second-order valence-corrected chi connectivity index (χ2v) is 10.6. The Balaban J connectivity index is 1.73. The van der Waals surface area contributed by atoms with Crippen LogP contribution in [0.1, 0.15) is 0 Å². The molecule has 0 unspecified atom stereocenters. The van der Waals surface area contributed by atoms with Crippen LogP contribution in [0.5, 0.6) is 11.5 Å². The number of imidazole rings is 1. The molecule has 0 spiro atoms. The van der Waals surface area contributed by atoms with E-state index in [0.29, 0.717) is 32.4 Å². The van der Waals surface area contributed by atoms with Gasteiger partial charge in [-0.25, -0.2) is 0 Å². The Kier molecular flexibility index (Phi) is 5.66. The molecule has 2 aromatic heterocycles. The van der Waals surface area contributed by atoms with E-state index in [9.17, 15) is 4.79 Å². The first-order valence-electron chi connectivity index (χ1n) is 7.74. The number of hydrogen-bond acceptors (Lipinski definition) is 9. The third-order valence-corrected chi connectivity index (χ3v) is 8.61. The van der Waals surface area contributed by atoms with E-state index in [1.54, 1.807) is 0 Å². The van der Waals surface area contributed by atoms with E-state index in [0.717, 1.165) is 8.47 Å². The van der Waals surface area contributed by atoms with Crippen molar-refractivity contribution in [1.29, 1.82) is 0 Å². The number of carboxylic acids is 1. The van der Waals surface area contributed by atoms with Gasteiger partial charge in [0.1, 0.15) is 0 Å². The van der Waals surface area contributed by atoms with Gasteiger partial charge in [0.15, 0.2) is 0 Å². The van der Waals surface area contributed by atoms with Crippen molar-refractivity contribution in [2.45, 2.75) is 18.7 Å². The molecule has 5 N–H and O–H groups in total. The molecule has 3 heterocycles. The summed E-state index contributed by atoms with van der Waals surface area (Å²) in [5.74, 6) is 0.637. The van der Waals surface area contributed by atoms with Crippen LogP contribution in [0.4, 0.5) is 5.82 Å². The molecule has 0 amide bonds. The number of nitrogens with zero attached hydrogens (tertiary/aromatic N) is 4. The first-order chi connectivity index (χ1) is 13.4. The van der Waals surface area contributed by atoms with Gasteiger partial charge in [-0.05, 0) is 0 Å². The van der Waals surface area contributed by atoms with Gasteiger partial charge in [0.25, 0.3) is 0 Å². The standard InChI is InChI=1S/C15H13I2N6O4S/c16-6-1-7-8(27-5-26-7)2-9(6)28-15-22-10-12(19)20-4-21-13(10)23(15)3-17-11(18)14(24)25/h1-2,4,11H,3,5,18H2,(H,24,25)(H2,19,20,21)/q-1/t11-/m1/s1. The van der Waals surface area contributed by atoms with Crippen molar-refractivity contribution >= 4 is 57.3 Å². The van der Waals surface area contributed by atoms with Gasteiger partial charge in [-0.3, -0.25) is 0 Å². The van der Waals surface area contributed by atoms with Gasteiger partial charge in [-0.2, -0.15) is 0 Å². The maximum atomic E-state index is 11.1. The number of nitrogens with two attached hydrogens (primary N) is 2. The first-order valence-corrected chi connectivity index (χ1v) is 12.4. The van der Waals surface area contributed by atoms with Crippen LogP contribution in [0, 0.1) is 3.57 Å². The molecule has 0 aliphatic carbocycles. The van der Waals surface area contributed by atoms with Gasteiger partial charge in [0.2, 0.25) is 0 Å². The number of aliphatic carboxylic acids is 1. The molecule has 0 radical (unpaired) electrons. The number of nitrogen functional groups attached to an aromatic ring is 1. The van der Waals surface area contributed by atoms with Crippen LogP contribution in [0.2, 0.25) is 0 Å². The summed E-state index contributed by atoms with van der Waals surface area (Å²) in [5, 5.41) is 9.73. The third-order valence-electron chi connectivity index (χ3n) is 3.74. The quantitative estimate of drug-likeness (QED) is 0.164. The zero-order chi connectivity index (χ0) is 19.8. The number of carbonyl (C=O) groups is 1. The number of alkyl halides is 2. The predicted octanol–water partition coefficient (Wildman–Crippen LogP) is -1.69. The molecular formula is C15H13I2N6O4S-. The molecule has 13 heteroatoms. The summed E-state index contributed by atoms with van der Waals surface area (Å²) >= 11 is 2.76. The summed E-state index contributed by atoms with van der Waals surface area (Å²) in [5.41, 5.74) is 12.7. The fraction of sp³-hybridized carbons (Fsp3) is 0.200. The molecule has 1 aliphatic heterocycles. The second-order valence-electron chi connectivity index (χ2n) is 5.51. The number of carboxylic acid groups (broad SMARTS) is 1. The number of hydrogen-bond donors (Lipinski definition) is 3. The number of rotatable bonds is 6. The molecule has 0 saturated carbocycles. The van der Waals surface area contributed by atoms with E-state index in [1.165, 1.54) is 18.1 Å². The Morgan fingerprint density at radius 2 is 2.14 bits per heavy atom. The monoisotopic (exact) mass is 627 g/mol. The molecule has 1 aromatic carbocycles. The average molecular weight is 627 g/mol. The Labute approximate surface area is 186 Å². The fourth-order valence-electron chi connectivity index (χ4n) is 2.40. The second kappa shape index (κ2) is 8.03. The Hall–Kier alpha value is -1.59. The zero-order valence-corrected chi connectivity index (χ0v) is 19.1. The molecule has 1 aliphatic rings. The average Bonchev–Trinajstić information content (AvgIpc) is 3.24. The molecule has 3 aromatic rings. The van der Waals surface area contributed by atoms with Crippen molar-refractivity contribution in [1.82, 2.24) is 19.5 Å². The normalized spacial score (nSPS) is 13.9. The van der Waals surface area contributed by atoms with Crippen molar-refractivity contribution in [3.8, 4) is 11.5 Å². The van der Waals surface area contributed by atoms with E-state index >= 15 is 0 Å². The summed E-state index contributed by atoms with van der Waals surface area (Å²) in [6, 6.07) is 3.80. The molecule has 0 fully saturated rings. The maximum absolute atomic E-state index is 11.1. The summed E-state index contributed by atoms with van der Waals surface area (Å²) in [7, 11) is 0. The van der Waals surface area contributed by atoms with Crippen LogP contribution in [0.25, 0.3) is 11.2 Å². The van der Waals surface area contributed by atoms with Crippen LogP contribution < -0.4 is 42.1 Å². The molecule has 148 valence electrons. The van der Waals surface area contributed by atoms with Gasteiger partial charge in [0.05, 0.1) is 0 Å². The van der Waals surface area contributed by atoms with Gasteiger partial charge < -0.3 is 0 Å². The van der Waals surface area contributed by atoms with Crippen molar-refractivity contribution in [2.24, 2.45) is 5.73 Å². The van der Waals surface area contributed by atoms with Crippen molar-refractivity contribution < 1.29 is 40.6 Å². The van der Waals surface area contributed by atoms with E-state index in [2.05, 4.69) is 37.5 Å². The van der Waals surface area contributed by atoms with E-state index in [-0.39, 0.29) is 12.6 Å². The molecule has 0 saturated heterocycles. The minimum absolute atomic E-state index is 0.196. The number of aromatic nitrogens is 4. The van der Waals surface area contributed by atoms with Gasteiger partial charge in [-0.15, -0.1) is 0 Å². The van der Waals surface area contributed by atoms with Crippen LogP contribution in [0.15, 0.2) is 28.5 Å². The Morgan fingerprint density at radius 1 is 1.39 bits per heavy atom. The minimum atomic E-state index is -1.01. The van der Waals surface area contributed by atoms with Gasteiger partial charge in [-0.1, -0.05) is 0 Å².